The molecule has 0 unspecified atom stereocenters. The van der Waals surface area contributed by atoms with Gasteiger partial charge in [0, 0.05) is 6.42 Å². The molecule has 0 saturated heterocycles. The van der Waals surface area contributed by atoms with Gasteiger partial charge in [0.25, 0.3) is 0 Å². The molecule has 1 rings (SSSR count). The van der Waals surface area contributed by atoms with E-state index in [-0.39, 0.29) is 0 Å². The maximum Gasteiger partial charge on any atom is 0.417 e. The second-order valence-corrected chi connectivity index (χ2v) is 1.88. The zero-order chi connectivity index (χ0) is 7.94. The van der Waals surface area contributed by atoms with Gasteiger partial charge in [0.05, 0.1) is 6.61 Å². The van der Waals surface area contributed by atoms with Gasteiger partial charge in [0.1, 0.15) is 5.82 Å². The molecule has 59 valence electrons. The van der Waals surface area contributed by atoms with E-state index in [2.05, 4.69) is 25.4 Å². The van der Waals surface area contributed by atoms with Crippen molar-refractivity contribution in [1.29, 1.82) is 0 Å². The van der Waals surface area contributed by atoms with Crippen LogP contribution in [0.3, 0.4) is 0 Å². The number of hydrogen-bond acceptors (Lipinski definition) is 5. The molecule has 6 heteroatoms. The lowest BCUT2D eigenvalue weighted by atomic mass is 10.3. The Kier molecular flexibility index (Phi) is 3.04. The number of aromatic amines is 1. The quantitative estimate of drug-likeness (QED) is 0.564. The first-order valence-corrected chi connectivity index (χ1v) is 3.15. The molecule has 0 aromatic carbocycles. The number of aromatic nitrogens is 4. The van der Waals surface area contributed by atoms with Crippen LogP contribution in [0.1, 0.15) is 12.2 Å². The molecule has 0 aliphatic carbocycles. The van der Waals surface area contributed by atoms with E-state index in [9.17, 15) is 4.79 Å². The van der Waals surface area contributed by atoms with E-state index in [1.54, 1.807) is 0 Å². The van der Waals surface area contributed by atoms with Gasteiger partial charge in [-0.1, -0.05) is 0 Å². The van der Waals surface area contributed by atoms with Crippen LogP contribution in [-0.4, -0.2) is 33.7 Å². The van der Waals surface area contributed by atoms with E-state index >= 15 is 0 Å². The van der Waals surface area contributed by atoms with Gasteiger partial charge >= 0.3 is 6.47 Å². The van der Waals surface area contributed by atoms with Gasteiger partial charge in [-0.15, -0.1) is 5.10 Å². The minimum absolute atomic E-state index is 0.351. The van der Waals surface area contributed by atoms with E-state index in [0.29, 0.717) is 25.3 Å². The number of H-pyrrole nitrogens is 1. The van der Waals surface area contributed by atoms with Crippen molar-refractivity contribution in [3.05, 3.63) is 5.82 Å². The summed E-state index contributed by atoms with van der Waals surface area (Å²) in [5, 5.41) is 13.0. The lowest BCUT2D eigenvalue weighted by Gasteiger charge is -1.93. The Hall–Kier alpha value is -1.46. The standard InChI is InChI=1S/C5H7N4O2/c10-4-11-3-1-2-5-6-8-9-7-5/h1-3H2,(H,6,7,8,9). The average molecular weight is 155 g/mol. The van der Waals surface area contributed by atoms with Crippen molar-refractivity contribution >= 4 is 6.47 Å². The van der Waals surface area contributed by atoms with Crippen LogP contribution in [-0.2, 0) is 16.0 Å². The van der Waals surface area contributed by atoms with Crippen molar-refractivity contribution in [2.45, 2.75) is 12.8 Å². The van der Waals surface area contributed by atoms with Gasteiger partial charge < -0.3 is 4.74 Å². The molecule has 11 heavy (non-hydrogen) atoms. The van der Waals surface area contributed by atoms with Crippen LogP contribution in [0, 0.1) is 0 Å². The average Bonchev–Trinajstić information content (AvgIpc) is 2.50. The maximum absolute atomic E-state index is 9.57. The highest BCUT2D eigenvalue weighted by Crippen LogP contribution is 1.91. The Morgan fingerprint density at radius 1 is 1.64 bits per heavy atom. The van der Waals surface area contributed by atoms with Gasteiger partial charge in [-0.3, -0.25) is 0 Å². The summed E-state index contributed by atoms with van der Waals surface area (Å²) in [4.78, 5) is 9.57. The molecule has 6 nitrogen and oxygen atoms in total. The molecule has 1 N–H and O–H groups in total. The third kappa shape index (κ3) is 2.74. The summed E-state index contributed by atoms with van der Waals surface area (Å²) in [5.74, 6) is 0.694. The van der Waals surface area contributed by atoms with E-state index in [4.69, 9.17) is 0 Å². The van der Waals surface area contributed by atoms with E-state index in [0.717, 1.165) is 0 Å². The summed E-state index contributed by atoms with van der Waals surface area (Å²) < 4.78 is 4.34. The van der Waals surface area contributed by atoms with E-state index < -0.39 is 0 Å². The van der Waals surface area contributed by atoms with Crippen molar-refractivity contribution in [3.8, 4) is 0 Å². The Morgan fingerprint density at radius 2 is 2.55 bits per heavy atom. The van der Waals surface area contributed by atoms with Crippen LogP contribution in [0.4, 0.5) is 0 Å². The molecule has 0 fully saturated rings. The summed E-state index contributed by atoms with van der Waals surface area (Å²) in [6.45, 7) is 1.69. The lowest BCUT2D eigenvalue weighted by molar-refractivity contribution is 0.272. The number of aryl methyl sites for hydroxylation is 1. The zero-order valence-corrected chi connectivity index (χ0v) is 5.78. The Morgan fingerprint density at radius 3 is 3.18 bits per heavy atom. The molecule has 1 heterocycles. The van der Waals surface area contributed by atoms with Crippen LogP contribution < -0.4 is 0 Å². The molecule has 0 aliphatic rings. The van der Waals surface area contributed by atoms with Gasteiger partial charge in [-0.2, -0.15) is 0 Å². The smallest absolute Gasteiger partial charge is 0.417 e. The summed E-state index contributed by atoms with van der Waals surface area (Å²) in [6, 6.07) is 0. The third-order valence-electron chi connectivity index (χ3n) is 1.11. The Bertz CT molecular complexity index is 198. The fourth-order valence-electron chi connectivity index (χ4n) is 0.638. The fourth-order valence-corrected chi connectivity index (χ4v) is 0.638. The van der Waals surface area contributed by atoms with Crippen LogP contribution >= 0.6 is 0 Å². The SMILES string of the molecule is O=[C]OCCCc1nnn[nH]1. The number of hydrogen-bond donors (Lipinski definition) is 1. The zero-order valence-electron chi connectivity index (χ0n) is 5.78. The molecule has 1 radical (unpaired) electrons. The van der Waals surface area contributed by atoms with Crippen molar-refractivity contribution < 1.29 is 9.53 Å². The molecule has 1 aromatic rings. The van der Waals surface area contributed by atoms with Gasteiger partial charge in [-0.05, 0) is 16.8 Å². The van der Waals surface area contributed by atoms with Crippen molar-refractivity contribution in [1.82, 2.24) is 20.6 Å². The van der Waals surface area contributed by atoms with Gasteiger partial charge in [-0.25, -0.2) is 9.89 Å². The Labute approximate surface area is 62.9 Å². The van der Waals surface area contributed by atoms with Gasteiger partial charge in [0.2, 0.25) is 0 Å². The molecule has 0 saturated carbocycles. The first-order chi connectivity index (χ1) is 5.43. The number of ether oxygens (including phenoxy) is 1. The second kappa shape index (κ2) is 4.37. The topological polar surface area (TPSA) is 80.8 Å². The molecule has 0 atom stereocenters. The molecule has 1 aromatic heterocycles. The minimum atomic E-state index is 0.351. The number of carbonyl (C=O) groups excluding carboxylic acids is 1. The highest BCUT2D eigenvalue weighted by atomic mass is 16.5. The normalized spacial score (nSPS) is 9.45. The van der Waals surface area contributed by atoms with Crippen molar-refractivity contribution in [2.24, 2.45) is 0 Å². The molecule has 0 bridgehead atoms. The number of nitrogens with one attached hydrogen (secondary N) is 1. The summed E-state index contributed by atoms with van der Waals surface area (Å²) in [5.41, 5.74) is 0. The molecule has 0 aliphatic heterocycles. The van der Waals surface area contributed by atoms with E-state index in [1.807, 2.05) is 0 Å². The van der Waals surface area contributed by atoms with Crippen molar-refractivity contribution in [2.75, 3.05) is 6.61 Å². The lowest BCUT2D eigenvalue weighted by Crippen LogP contribution is -1.96. The van der Waals surface area contributed by atoms with Crippen LogP contribution in [0.15, 0.2) is 0 Å². The first-order valence-electron chi connectivity index (χ1n) is 3.15. The minimum Gasteiger partial charge on any atom is -0.457 e. The third-order valence-corrected chi connectivity index (χ3v) is 1.11. The predicted molar refractivity (Wildman–Crippen MR) is 34.1 cm³/mol. The monoisotopic (exact) mass is 155 g/mol. The van der Waals surface area contributed by atoms with Crippen LogP contribution in [0.5, 0.6) is 0 Å². The number of tetrazole rings is 1. The van der Waals surface area contributed by atoms with Crippen LogP contribution in [0.2, 0.25) is 0 Å². The summed E-state index contributed by atoms with van der Waals surface area (Å²) >= 11 is 0. The number of nitrogens with zero attached hydrogens (tertiary/aromatic N) is 3. The summed E-state index contributed by atoms with van der Waals surface area (Å²) in [6.07, 6.45) is 1.38. The van der Waals surface area contributed by atoms with Crippen LogP contribution in [0.25, 0.3) is 0 Å². The number of rotatable bonds is 5. The molecule has 0 spiro atoms. The van der Waals surface area contributed by atoms with E-state index in [1.165, 1.54) is 6.47 Å². The molecular weight excluding hydrogens is 148 g/mol. The predicted octanol–water partition coefficient (Wildman–Crippen LogP) is -0.784. The highest BCUT2D eigenvalue weighted by Gasteiger charge is 1.95. The maximum atomic E-state index is 9.57. The molecule has 0 amide bonds. The highest BCUT2D eigenvalue weighted by molar-refractivity contribution is 5.37. The van der Waals surface area contributed by atoms with Crippen molar-refractivity contribution in [3.63, 3.8) is 0 Å². The Balaban J connectivity index is 2.09. The molecular formula is C5H7N4O2. The fraction of sp³-hybridized carbons (Fsp3) is 0.600. The largest absolute Gasteiger partial charge is 0.457 e. The van der Waals surface area contributed by atoms with Gasteiger partial charge in [0.15, 0.2) is 0 Å². The second-order valence-electron chi connectivity index (χ2n) is 1.88. The first kappa shape index (κ1) is 7.64. The summed E-state index contributed by atoms with van der Waals surface area (Å²) in [7, 11) is 0.